The predicted molar refractivity (Wildman–Crippen MR) is 83.7 cm³/mol. The summed E-state index contributed by atoms with van der Waals surface area (Å²) in [4.78, 5) is -0.352. The van der Waals surface area contributed by atoms with Gasteiger partial charge in [-0.15, -0.1) is 0 Å². The van der Waals surface area contributed by atoms with E-state index in [0.717, 1.165) is 6.07 Å². The van der Waals surface area contributed by atoms with Crippen LogP contribution in [0.25, 0.3) is 0 Å². The van der Waals surface area contributed by atoms with E-state index >= 15 is 0 Å². The van der Waals surface area contributed by atoms with E-state index in [1.54, 1.807) is 6.92 Å². The van der Waals surface area contributed by atoms with Crippen LogP contribution in [-0.2, 0) is 10.0 Å². The van der Waals surface area contributed by atoms with Crippen molar-refractivity contribution in [3.05, 3.63) is 28.0 Å². The highest BCUT2D eigenvalue weighted by molar-refractivity contribution is 7.89. The molecule has 0 radical (unpaired) electrons. The summed E-state index contributed by atoms with van der Waals surface area (Å²) in [6.45, 7) is 5.72. The highest BCUT2D eigenvalue weighted by Gasteiger charge is 2.32. The van der Waals surface area contributed by atoms with Crippen LogP contribution in [0.1, 0.15) is 27.2 Å². The van der Waals surface area contributed by atoms with E-state index in [0.29, 0.717) is 6.42 Å². The van der Waals surface area contributed by atoms with Crippen LogP contribution in [0.4, 0.5) is 4.39 Å². The van der Waals surface area contributed by atoms with Gasteiger partial charge in [-0.05, 0) is 31.4 Å². The zero-order valence-electron chi connectivity index (χ0n) is 12.1. The number of halogens is 3. The van der Waals surface area contributed by atoms with E-state index in [4.69, 9.17) is 28.9 Å². The lowest BCUT2D eigenvalue weighted by Gasteiger charge is -2.31. The van der Waals surface area contributed by atoms with E-state index in [2.05, 4.69) is 4.72 Å². The van der Waals surface area contributed by atoms with Crippen LogP contribution >= 0.6 is 23.2 Å². The van der Waals surface area contributed by atoms with E-state index < -0.39 is 26.4 Å². The predicted octanol–water partition coefficient (Wildman–Crippen LogP) is 3.17. The van der Waals surface area contributed by atoms with E-state index in [-0.39, 0.29) is 22.4 Å². The molecule has 3 N–H and O–H groups in total. The lowest BCUT2D eigenvalue weighted by Crippen LogP contribution is -2.52. The zero-order valence-corrected chi connectivity index (χ0v) is 14.4. The monoisotopic (exact) mass is 356 g/mol. The molecule has 21 heavy (non-hydrogen) atoms. The van der Waals surface area contributed by atoms with E-state index in [9.17, 15) is 12.8 Å². The van der Waals surface area contributed by atoms with Gasteiger partial charge in [0.1, 0.15) is 4.90 Å². The maximum absolute atomic E-state index is 13.7. The topological polar surface area (TPSA) is 72.2 Å². The summed E-state index contributed by atoms with van der Waals surface area (Å²) in [5.41, 5.74) is 4.84. The molecule has 0 heterocycles. The van der Waals surface area contributed by atoms with Crippen molar-refractivity contribution in [3.63, 3.8) is 0 Å². The summed E-state index contributed by atoms with van der Waals surface area (Å²) in [5.74, 6) is -0.724. The second-order valence-electron chi connectivity index (χ2n) is 5.64. The van der Waals surface area contributed by atoms with Crippen LogP contribution in [0.3, 0.4) is 0 Å². The average molecular weight is 357 g/mol. The highest BCUT2D eigenvalue weighted by atomic mass is 35.5. The zero-order chi connectivity index (χ0) is 16.4. The van der Waals surface area contributed by atoms with Crippen LogP contribution < -0.4 is 10.5 Å². The van der Waals surface area contributed by atoms with Gasteiger partial charge < -0.3 is 5.73 Å². The normalized spacial score (nSPS) is 15.2. The molecular weight excluding hydrogens is 338 g/mol. The fourth-order valence-corrected chi connectivity index (χ4v) is 4.34. The van der Waals surface area contributed by atoms with Gasteiger partial charge in [0.2, 0.25) is 10.0 Å². The van der Waals surface area contributed by atoms with Crippen molar-refractivity contribution in [3.8, 4) is 0 Å². The molecule has 0 aromatic heterocycles. The van der Waals surface area contributed by atoms with Gasteiger partial charge in [0.25, 0.3) is 0 Å². The summed E-state index contributed by atoms with van der Waals surface area (Å²) < 4.78 is 41.0. The summed E-state index contributed by atoms with van der Waals surface area (Å²) in [6, 6.07) is 2.32. The molecule has 0 fully saturated rings. The third-order valence-corrected chi connectivity index (χ3v) is 5.43. The van der Waals surface area contributed by atoms with Crippen LogP contribution in [0.15, 0.2) is 17.0 Å². The lowest BCUT2D eigenvalue weighted by atomic mass is 9.92. The Kier molecular flexibility index (Phi) is 6.03. The van der Waals surface area contributed by atoms with Gasteiger partial charge in [-0.25, -0.2) is 17.5 Å². The average Bonchev–Trinajstić information content (AvgIpc) is 2.34. The first-order valence-electron chi connectivity index (χ1n) is 6.40. The van der Waals surface area contributed by atoms with Gasteiger partial charge in [0, 0.05) is 12.1 Å². The number of hydrogen-bond donors (Lipinski definition) is 2. The Bertz CT molecular complexity index is 623. The molecular formula is C13H19Cl2FN2O2S. The van der Waals surface area contributed by atoms with Gasteiger partial charge in [0.05, 0.1) is 10.0 Å². The van der Waals surface area contributed by atoms with Crippen LogP contribution in [0.5, 0.6) is 0 Å². The molecule has 120 valence electrons. The Hall–Kier alpha value is -0.400. The molecule has 0 aliphatic rings. The van der Waals surface area contributed by atoms with Crippen LogP contribution in [0.2, 0.25) is 10.0 Å². The van der Waals surface area contributed by atoms with Crippen LogP contribution in [-0.4, -0.2) is 20.5 Å². The van der Waals surface area contributed by atoms with Crippen molar-refractivity contribution < 1.29 is 12.8 Å². The second kappa shape index (κ2) is 6.79. The molecule has 1 aromatic rings. The molecule has 8 heteroatoms. The van der Waals surface area contributed by atoms with Gasteiger partial charge in [-0.2, -0.15) is 0 Å². The molecule has 0 bridgehead atoms. The molecule has 4 nitrogen and oxygen atoms in total. The van der Waals surface area contributed by atoms with Crippen molar-refractivity contribution in [1.82, 2.24) is 4.72 Å². The standard InChI is InChI=1S/C13H19Cl2FN2O2S/c1-8(2)6-13(3,7-17)18-21(19,20)10-5-4-9(14)12(16)11(10)15/h4-5,8,18H,6-7,17H2,1-3H3. The molecule has 0 aliphatic carbocycles. The molecule has 0 saturated carbocycles. The molecule has 0 amide bonds. The first-order valence-corrected chi connectivity index (χ1v) is 8.64. The molecule has 0 aliphatic heterocycles. The number of rotatable bonds is 6. The minimum Gasteiger partial charge on any atom is -0.329 e. The minimum absolute atomic E-state index is 0.109. The Morgan fingerprint density at radius 2 is 1.95 bits per heavy atom. The number of hydrogen-bond acceptors (Lipinski definition) is 3. The molecule has 1 rings (SSSR count). The van der Waals surface area contributed by atoms with Gasteiger partial charge >= 0.3 is 0 Å². The molecule has 0 spiro atoms. The van der Waals surface area contributed by atoms with Crippen molar-refractivity contribution in [2.75, 3.05) is 6.54 Å². The number of nitrogens with one attached hydrogen (secondary N) is 1. The van der Waals surface area contributed by atoms with Gasteiger partial charge in [0.15, 0.2) is 5.82 Å². The van der Waals surface area contributed by atoms with Crippen molar-refractivity contribution in [2.24, 2.45) is 11.7 Å². The van der Waals surface area contributed by atoms with Crippen molar-refractivity contribution >= 4 is 33.2 Å². The van der Waals surface area contributed by atoms with E-state index in [1.165, 1.54) is 6.07 Å². The molecule has 1 aromatic carbocycles. The Morgan fingerprint density at radius 1 is 1.38 bits per heavy atom. The first-order chi connectivity index (χ1) is 9.52. The maximum atomic E-state index is 13.7. The van der Waals surface area contributed by atoms with Crippen LogP contribution in [0, 0.1) is 11.7 Å². The van der Waals surface area contributed by atoms with Crippen molar-refractivity contribution in [1.29, 1.82) is 0 Å². The summed E-state index contributed by atoms with van der Waals surface area (Å²) in [6.07, 6.45) is 0.538. The maximum Gasteiger partial charge on any atom is 0.242 e. The van der Waals surface area contributed by atoms with Gasteiger partial charge in [-0.3, -0.25) is 0 Å². The summed E-state index contributed by atoms with van der Waals surface area (Å²) in [5, 5.41) is -0.762. The third kappa shape index (κ3) is 4.53. The number of sulfonamides is 1. The van der Waals surface area contributed by atoms with Gasteiger partial charge in [-0.1, -0.05) is 37.0 Å². The first kappa shape index (κ1) is 18.6. The Morgan fingerprint density at radius 3 is 2.43 bits per heavy atom. The number of benzene rings is 1. The fraction of sp³-hybridized carbons (Fsp3) is 0.538. The lowest BCUT2D eigenvalue weighted by molar-refractivity contribution is 0.344. The minimum atomic E-state index is -4.01. The largest absolute Gasteiger partial charge is 0.329 e. The second-order valence-corrected chi connectivity index (χ2v) is 8.08. The Labute approximate surface area is 134 Å². The molecule has 1 atom stereocenters. The SMILES string of the molecule is CC(C)CC(C)(CN)NS(=O)(=O)c1ccc(Cl)c(F)c1Cl. The highest BCUT2D eigenvalue weighted by Crippen LogP contribution is 2.30. The molecule has 1 unspecified atom stereocenters. The van der Waals surface area contributed by atoms with Crippen molar-refractivity contribution in [2.45, 2.75) is 37.6 Å². The number of nitrogens with two attached hydrogens (primary N) is 1. The Balaban J connectivity index is 3.21. The quantitative estimate of drug-likeness (QED) is 0.768. The summed E-state index contributed by atoms with van der Waals surface area (Å²) in [7, 11) is -4.01. The fourth-order valence-electron chi connectivity index (χ4n) is 2.16. The smallest absolute Gasteiger partial charge is 0.242 e. The van der Waals surface area contributed by atoms with E-state index in [1.807, 2.05) is 13.8 Å². The molecule has 0 saturated heterocycles. The summed E-state index contributed by atoms with van der Waals surface area (Å²) >= 11 is 11.3. The third-order valence-electron chi connectivity index (χ3n) is 2.98.